The number of halogens is 1. The van der Waals surface area contributed by atoms with Gasteiger partial charge in [-0.1, -0.05) is 11.6 Å². The van der Waals surface area contributed by atoms with Gasteiger partial charge >= 0.3 is 0 Å². The van der Waals surface area contributed by atoms with Crippen LogP contribution in [0.4, 0.5) is 0 Å². The normalized spacial score (nSPS) is 13.4. The molecule has 1 aliphatic heterocycles. The van der Waals surface area contributed by atoms with E-state index in [9.17, 15) is 9.59 Å². The molecule has 0 bridgehead atoms. The maximum Gasteiger partial charge on any atom is 0.272 e. The minimum absolute atomic E-state index is 0.112. The third-order valence-electron chi connectivity index (χ3n) is 2.92. The summed E-state index contributed by atoms with van der Waals surface area (Å²) in [6, 6.07) is 6.67. The van der Waals surface area contributed by atoms with Crippen molar-refractivity contribution in [1.29, 1.82) is 0 Å². The lowest BCUT2D eigenvalue weighted by Gasteiger charge is -2.20. The third kappa shape index (κ3) is 1.37. The van der Waals surface area contributed by atoms with E-state index in [2.05, 4.69) is 0 Å². The zero-order chi connectivity index (χ0) is 12.2. The van der Waals surface area contributed by atoms with Crippen LogP contribution in [0.1, 0.15) is 16.1 Å². The quantitative estimate of drug-likeness (QED) is 0.714. The van der Waals surface area contributed by atoms with Gasteiger partial charge in [-0.05, 0) is 30.7 Å². The maximum atomic E-state index is 12.0. The van der Waals surface area contributed by atoms with Gasteiger partial charge in [-0.2, -0.15) is 0 Å². The van der Waals surface area contributed by atoms with E-state index in [1.165, 1.54) is 15.4 Å². The topological polar surface area (TPSA) is 44.0 Å². The number of fused-ring (bicyclic) bond motifs is 3. The molecule has 5 heteroatoms. The van der Waals surface area contributed by atoms with E-state index in [-0.39, 0.29) is 17.9 Å². The predicted molar refractivity (Wildman–Crippen MR) is 64.1 cm³/mol. The van der Waals surface area contributed by atoms with Gasteiger partial charge in [0.2, 0.25) is 5.91 Å². The summed E-state index contributed by atoms with van der Waals surface area (Å²) in [5.74, 6) is -0.112. The first-order valence-corrected chi connectivity index (χ1v) is 5.59. The Bertz CT molecular complexity index is 697. The van der Waals surface area contributed by atoms with Crippen molar-refractivity contribution in [2.24, 2.45) is 0 Å². The van der Waals surface area contributed by atoms with Crippen LogP contribution in [-0.2, 0) is 6.42 Å². The van der Waals surface area contributed by atoms with Crippen LogP contribution in [0.5, 0.6) is 0 Å². The molecule has 0 radical (unpaired) electrons. The van der Waals surface area contributed by atoms with Gasteiger partial charge in [0.15, 0.2) is 0 Å². The number of aromatic nitrogens is 2. The average Bonchev–Trinajstić information content (AvgIpc) is 2.55. The van der Waals surface area contributed by atoms with E-state index in [4.69, 9.17) is 11.6 Å². The molecule has 3 rings (SSSR count). The van der Waals surface area contributed by atoms with Crippen LogP contribution in [0.2, 0.25) is 5.02 Å². The summed E-state index contributed by atoms with van der Waals surface area (Å²) in [5, 5.41) is 0.571. The minimum Gasteiger partial charge on any atom is -0.272 e. The van der Waals surface area contributed by atoms with Gasteiger partial charge in [-0.15, -0.1) is 0 Å². The fourth-order valence-electron chi connectivity index (χ4n) is 2.23. The van der Waals surface area contributed by atoms with Crippen LogP contribution in [0, 0.1) is 6.92 Å². The fourth-order valence-corrected chi connectivity index (χ4v) is 2.43. The molecule has 0 saturated heterocycles. The predicted octanol–water partition coefficient (Wildman–Crippen LogP) is 1.80. The third-order valence-corrected chi connectivity index (χ3v) is 3.16. The highest BCUT2D eigenvalue weighted by atomic mass is 35.5. The molecule has 1 aliphatic rings. The van der Waals surface area contributed by atoms with E-state index in [1.807, 2.05) is 0 Å². The average molecular weight is 249 g/mol. The summed E-state index contributed by atoms with van der Waals surface area (Å²) in [7, 11) is 0. The van der Waals surface area contributed by atoms with Crippen molar-refractivity contribution < 1.29 is 4.79 Å². The molecule has 1 aromatic carbocycles. The minimum atomic E-state index is -0.195. The molecular weight excluding hydrogens is 240 g/mol. The molecule has 0 spiro atoms. The van der Waals surface area contributed by atoms with Crippen LogP contribution in [-0.4, -0.2) is 15.3 Å². The number of carbonyl (C=O) groups is 1. The summed E-state index contributed by atoms with van der Waals surface area (Å²) in [6.07, 6.45) is 0.269. The number of aryl methyl sites for hydroxylation is 1. The number of rotatable bonds is 0. The van der Waals surface area contributed by atoms with Crippen molar-refractivity contribution in [3.63, 3.8) is 0 Å². The number of nitrogens with zero attached hydrogens (tertiary/aromatic N) is 2. The first kappa shape index (κ1) is 10.4. The fraction of sp³-hybridized carbons (Fsp3) is 0.167. The van der Waals surface area contributed by atoms with Crippen LogP contribution < -0.4 is 5.56 Å². The van der Waals surface area contributed by atoms with Crippen LogP contribution in [0.15, 0.2) is 29.1 Å². The molecular formula is C12H9ClN2O2. The number of hydrogen-bond acceptors (Lipinski definition) is 2. The SMILES string of the molecule is Cc1cc(=O)n2n1C(=O)Cc1cc(Cl)ccc1-2. The van der Waals surface area contributed by atoms with Crippen molar-refractivity contribution in [1.82, 2.24) is 9.36 Å². The maximum absolute atomic E-state index is 12.0. The highest BCUT2D eigenvalue weighted by Crippen LogP contribution is 2.23. The van der Waals surface area contributed by atoms with Gasteiger partial charge in [0, 0.05) is 16.8 Å². The Morgan fingerprint density at radius 3 is 2.71 bits per heavy atom. The molecule has 17 heavy (non-hydrogen) atoms. The molecule has 0 aliphatic carbocycles. The summed E-state index contributed by atoms with van der Waals surface area (Å²) in [5.41, 5.74) is 1.97. The lowest BCUT2D eigenvalue weighted by Crippen LogP contribution is -2.32. The van der Waals surface area contributed by atoms with Crippen LogP contribution >= 0.6 is 11.6 Å². The molecule has 1 aromatic heterocycles. The summed E-state index contributed by atoms with van der Waals surface area (Å²) in [4.78, 5) is 23.8. The number of benzene rings is 1. The van der Waals surface area contributed by atoms with E-state index >= 15 is 0 Å². The zero-order valence-corrected chi connectivity index (χ0v) is 9.86. The number of carbonyl (C=O) groups excluding carboxylic acids is 1. The monoisotopic (exact) mass is 248 g/mol. The molecule has 4 nitrogen and oxygen atoms in total. The molecule has 2 aromatic rings. The largest absolute Gasteiger partial charge is 0.272 e. The van der Waals surface area contributed by atoms with E-state index in [1.54, 1.807) is 25.1 Å². The Balaban J connectivity index is 2.41. The van der Waals surface area contributed by atoms with Crippen molar-refractivity contribution in [2.45, 2.75) is 13.3 Å². The second-order valence-corrected chi connectivity index (χ2v) is 4.53. The van der Waals surface area contributed by atoms with Gasteiger partial charge in [0.25, 0.3) is 5.56 Å². The molecule has 2 heterocycles. The van der Waals surface area contributed by atoms with Crippen molar-refractivity contribution in [3.05, 3.63) is 50.9 Å². The molecule has 0 amide bonds. The first-order chi connectivity index (χ1) is 8.08. The zero-order valence-electron chi connectivity index (χ0n) is 9.11. The first-order valence-electron chi connectivity index (χ1n) is 5.21. The van der Waals surface area contributed by atoms with Crippen molar-refractivity contribution >= 4 is 17.5 Å². The van der Waals surface area contributed by atoms with Gasteiger partial charge in [-0.25, -0.2) is 9.36 Å². The Labute approximate surface area is 102 Å². The van der Waals surface area contributed by atoms with E-state index in [0.717, 1.165) is 11.3 Å². The van der Waals surface area contributed by atoms with Crippen molar-refractivity contribution in [3.8, 4) is 5.69 Å². The van der Waals surface area contributed by atoms with Gasteiger partial charge in [0.05, 0.1) is 12.1 Å². The Hall–Kier alpha value is -1.81. The van der Waals surface area contributed by atoms with Gasteiger partial charge < -0.3 is 0 Å². The molecule has 0 unspecified atom stereocenters. The highest BCUT2D eigenvalue weighted by Gasteiger charge is 2.24. The molecule has 0 fully saturated rings. The smallest absolute Gasteiger partial charge is 0.272 e. The van der Waals surface area contributed by atoms with Gasteiger partial charge in [0.1, 0.15) is 0 Å². The highest BCUT2D eigenvalue weighted by molar-refractivity contribution is 6.30. The summed E-state index contributed by atoms with van der Waals surface area (Å²) >= 11 is 5.89. The van der Waals surface area contributed by atoms with Crippen molar-refractivity contribution in [2.75, 3.05) is 0 Å². The van der Waals surface area contributed by atoms with E-state index < -0.39 is 0 Å². The second kappa shape index (κ2) is 3.34. The number of hydrogen-bond donors (Lipinski definition) is 0. The Morgan fingerprint density at radius 2 is 1.94 bits per heavy atom. The summed E-state index contributed by atoms with van der Waals surface area (Å²) in [6.45, 7) is 1.75. The lowest BCUT2D eigenvalue weighted by atomic mass is 10.1. The Morgan fingerprint density at radius 1 is 1.18 bits per heavy atom. The Kier molecular flexibility index (Phi) is 2.03. The van der Waals surface area contributed by atoms with E-state index in [0.29, 0.717) is 10.7 Å². The van der Waals surface area contributed by atoms with Crippen LogP contribution in [0.3, 0.4) is 0 Å². The molecule has 0 atom stereocenters. The molecule has 0 N–H and O–H groups in total. The van der Waals surface area contributed by atoms with Crippen LogP contribution in [0.25, 0.3) is 5.69 Å². The summed E-state index contributed by atoms with van der Waals surface area (Å²) < 4.78 is 2.81. The molecule has 86 valence electrons. The second-order valence-electron chi connectivity index (χ2n) is 4.09. The molecule has 0 saturated carbocycles. The van der Waals surface area contributed by atoms with Gasteiger partial charge in [-0.3, -0.25) is 9.59 Å². The standard InChI is InChI=1S/C12H9ClN2O2/c1-7-4-11(16)15-10-3-2-9(13)5-8(10)6-12(17)14(7)15/h2-5H,6H2,1H3. The lowest BCUT2D eigenvalue weighted by molar-refractivity contribution is 0.0877.